The monoisotopic (exact) mass is 356 g/mol. The van der Waals surface area contributed by atoms with Gasteiger partial charge in [0.25, 0.3) is 0 Å². The molecule has 1 saturated heterocycles. The number of hydrogen-bond donors (Lipinski definition) is 1. The van der Waals surface area contributed by atoms with Crippen molar-refractivity contribution >= 4 is 0 Å². The van der Waals surface area contributed by atoms with Gasteiger partial charge < -0.3 is 14.8 Å². The van der Waals surface area contributed by atoms with E-state index in [1.54, 1.807) is 0 Å². The zero-order chi connectivity index (χ0) is 17.9. The third-order valence-electron chi connectivity index (χ3n) is 5.22. The van der Waals surface area contributed by atoms with Crippen LogP contribution in [-0.2, 0) is 11.3 Å². The molecule has 0 unspecified atom stereocenters. The molecule has 5 heteroatoms. The molecule has 0 aromatic heterocycles. The number of halogens is 1. The average molecular weight is 356 g/mol. The van der Waals surface area contributed by atoms with E-state index in [4.69, 9.17) is 9.47 Å². The molecule has 2 aromatic carbocycles. The zero-order valence-corrected chi connectivity index (χ0v) is 15.0. The van der Waals surface area contributed by atoms with E-state index in [1.807, 2.05) is 24.3 Å². The minimum absolute atomic E-state index is 0.0878. The Labute approximate surface area is 153 Å². The molecule has 0 bridgehead atoms. The van der Waals surface area contributed by atoms with Crippen LogP contribution in [0.15, 0.2) is 48.5 Å². The molecule has 26 heavy (non-hydrogen) atoms. The van der Waals surface area contributed by atoms with E-state index >= 15 is 0 Å². The smallest absolute Gasteiger partial charge is 0.127 e. The first-order chi connectivity index (χ1) is 12.7. The van der Waals surface area contributed by atoms with Crippen molar-refractivity contribution in [1.82, 2.24) is 10.2 Å². The lowest BCUT2D eigenvalue weighted by Gasteiger charge is -2.43. The van der Waals surface area contributed by atoms with Crippen LogP contribution in [-0.4, -0.2) is 43.3 Å². The highest BCUT2D eigenvalue weighted by Gasteiger charge is 2.36. The lowest BCUT2D eigenvalue weighted by atomic mass is 9.94. The van der Waals surface area contributed by atoms with Crippen LogP contribution in [0.1, 0.15) is 24.1 Å². The number of ether oxygens (including phenoxy) is 2. The number of benzene rings is 2. The molecule has 0 spiro atoms. The van der Waals surface area contributed by atoms with Gasteiger partial charge in [0, 0.05) is 31.3 Å². The maximum absolute atomic E-state index is 13.6. The quantitative estimate of drug-likeness (QED) is 0.913. The summed E-state index contributed by atoms with van der Waals surface area (Å²) in [6.07, 6.45) is 0.216. The van der Waals surface area contributed by atoms with Gasteiger partial charge in [-0.15, -0.1) is 0 Å². The van der Waals surface area contributed by atoms with Crippen molar-refractivity contribution in [3.8, 4) is 5.75 Å². The lowest BCUT2D eigenvalue weighted by Crippen LogP contribution is -2.55. The normalized spacial score (nSPS) is 26.2. The van der Waals surface area contributed by atoms with E-state index in [1.165, 1.54) is 17.7 Å². The van der Waals surface area contributed by atoms with Crippen LogP contribution in [0.25, 0.3) is 0 Å². The first-order valence-corrected chi connectivity index (χ1v) is 9.26. The third kappa shape index (κ3) is 3.75. The summed E-state index contributed by atoms with van der Waals surface area (Å²) in [5.41, 5.74) is 2.26. The summed E-state index contributed by atoms with van der Waals surface area (Å²) in [5, 5.41) is 3.69. The van der Waals surface area contributed by atoms with Crippen molar-refractivity contribution < 1.29 is 13.9 Å². The Hall–Kier alpha value is -1.95. The molecule has 0 aliphatic carbocycles. The standard InChI is InChI=1S/C21H25FN2O2/c1-15-13-24(9-10-25-15)19-14-26-20-11-17(22)7-8-18(20)21(19)23-12-16-5-3-2-4-6-16/h2-8,11,15,19,21,23H,9-10,12-14H2,1H3/t15-,19+,21+/m1/s1. The summed E-state index contributed by atoms with van der Waals surface area (Å²) in [7, 11) is 0. The second-order valence-corrected chi connectivity index (χ2v) is 7.08. The fourth-order valence-electron chi connectivity index (χ4n) is 3.90. The van der Waals surface area contributed by atoms with E-state index in [-0.39, 0.29) is 24.0 Å². The Morgan fingerprint density at radius 2 is 2.04 bits per heavy atom. The van der Waals surface area contributed by atoms with E-state index < -0.39 is 0 Å². The van der Waals surface area contributed by atoms with E-state index in [2.05, 4.69) is 29.3 Å². The number of nitrogens with zero attached hydrogens (tertiary/aromatic N) is 1. The number of morpholine rings is 1. The summed E-state index contributed by atoms with van der Waals surface area (Å²) >= 11 is 0. The van der Waals surface area contributed by atoms with Gasteiger partial charge in [0.05, 0.1) is 24.8 Å². The van der Waals surface area contributed by atoms with Crippen LogP contribution < -0.4 is 10.1 Å². The average Bonchev–Trinajstić information content (AvgIpc) is 2.66. The summed E-state index contributed by atoms with van der Waals surface area (Å²) in [6, 6.07) is 15.5. The first kappa shape index (κ1) is 17.5. The molecular formula is C21H25FN2O2. The molecule has 0 radical (unpaired) electrons. The largest absolute Gasteiger partial charge is 0.491 e. The Bertz CT molecular complexity index is 740. The molecular weight excluding hydrogens is 331 g/mol. The third-order valence-corrected chi connectivity index (χ3v) is 5.22. The number of rotatable bonds is 4. The topological polar surface area (TPSA) is 33.7 Å². The molecule has 2 aromatic rings. The molecule has 138 valence electrons. The summed E-state index contributed by atoms with van der Waals surface area (Å²) < 4.78 is 25.3. The molecule has 2 aliphatic heterocycles. The summed E-state index contributed by atoms with van der Waals surface area (Å²) in [6.45, 7) is 5.92. The predicted molar refractivity (Wildman–Crippen MR) is 98.7 cm³/mol. The van der Waals surface area contributed by atoms with Crippen molar-refractivity contribution in [2.75, 3.05) is 26.3 Å². The van der Waals surface area contributed by atoms with Crippen LogP contribution in [0, 0.1) is 5.82 Å². The molecule has 1 N–H and O–H groups in total. The van der Waals surface area contributed by atoms with Crippen LogP contribution in [0.3, 0.4) is 0 Å². The van der Waals surface area contributed by atoms with Gasteiger partial charge in [-0.2, -0.15) is 0 Å². The maximum atomic E-state index is 13.6. The highest BCUT2D eigenvalue weighted by Crippen LogP contribution is 2.35. The second-order valence-electron chi connectivity index (χ2n) is 7.08. The van der Waals surface area contributed by atoms with Gasteiger partial charge >= 0.3 is 0 Å². The Morgan fingerprint density at radius 1 is 1.19 bits per heavy atom. The molecule has 4 nitrogen and oxygen atoms in total. The van der Waals surface area contributed by atoms with Crippen molar-refractivity contribution in [3.63, 3.8) is 0 Å². The number of fused-ring (bicyclic) bond motifs is 1. The van der Waals surface area contributed by atoms with Gasteiger partial charge in [0.15, 0.2) is 0 Å². The number of nitrogens with one attached hydrogen (secondary N) is 1. The fraction of sp³-hybridized carbons (Fsp3) is 0.429. The molecule has 2 aliphatic rings. The van der Waals surface area contributed by atoms with Gasteiger partial charge in [-0.25, -0.2) is 4.39 Å². The highest BCUT2D eigenvalue weighted by atomic mass is 19.1. The molecule has 1 fully saturated rings. The van der Waals surface area contributed by atoms with Crippen molar-refractivity contribution in [3.05, 3.63) is 65.5 Å². The minimum atomic E-state index is -0.260. The molecule has 4 rings (SSSR count). The van der Waals surface area contributed by atoms with Gasteiger partial charge in [0.2, 0.25) is 0 Å². The summed E-state index contributed by atoms with van der Waals surface area (Å²) in [5.74, 6) is 0.386. The van der Waals surface area contributed by atoms with E-state index in [9.17, 15) is 4.39 Å². The van der Waals surface area contributed by atoms with Crippen molar-refractivity contribution in [1.29, 1.82) is 0 Å². The van der Waals surface area contributed by atoms with Gasteiger partial charge in [0.1, 0.15) is 18.2 Å². The SMILES string of the molecule is C[C@@H]1CN([C@H]2COc3cc(F)ccc3[C@@H]2NCc2ccccc2)CCO1. The van der Waals surface area contributed by atoms with Crippen LogP contribution in [0.2, 0.25) is 0 Å². The van der Waals surface area contributed by atoms with Gasteiger partial charge in [-0.1, -0.05) is 36.4 Å². The van der Waals surface area contributed by atoms with Crippen LogP contribution >= 0.6 is 0 Å². The second kappa shape index (κ2) is 7.74. The Morgan fingerprint density at radius 3 is 2.85 bits per heavy atom. The maximum Gasteiger partial charge on any atom is 0.127 e. The highest BCUT2D eigenvalue weighted by molar-refractivity contribution is 5.39. The van der Waals surface area contributed by atoms with Crippen LogP contribution in [0.5, 0.6) is 5.75 Å². The Balaban J connectivity index is 1.59. The molecule has 0 saturated carbocycles. The molecule has 3 atom stereocenters. The lowest BCUT2D eigenvalue weighted by molar-refractivity contribution is -0.0507. The van der Waals surface area contributed by atoms with E-state index in [0.29, 0.717) is 12.4 Å². The molecule has 0 amide bonds. The van der Waals surface area contributed by atoms with Gasteiger partial charge in [-0.3, -0.25) is 4.90 Å². The van der Waals surface area contributed by atoms with E-state index in [0.717, 1.165) is 31.8 Å². The minimum Gasteiger partial charge on any atom is -0.491 e. The predicted octanol–water partition coefficient (Wildman–Crippen LogP) is 3.14. The Kier molecular flexibility index (Phi) is 5.20. The van der Waals surface area contributed by atoms with Crippen molar-refractivity contribution in [2.24, 2.45) is 0 Å². The zero-order valence-electron chi connectivity index (χ0n) is 15.0. The fourth-order valence-corrected chi connectivity index (χ4v) is 3.90. The van der Waals surface area contributed by atoms with Crippen LogP contribution in [0.4, 0.5) is 4.39 Å². The first-order valence-electron chi connectivity index (χ1n) is 9.26. The summed E-state index contributed by atoms with van der Waals surface area (Å²) in [4.78, 5) is 2.43. The van der Waals surface area contributed by atoms with Gasteiger partial charge in [-0.05, 0) is 18.6 Å². The molecule has 2 heterocycles. The number of hydrogen-bond acceptors (Lipinski definition) is 4. The van der Waals surface area contributed by atoms with Crippen molar-refractivity contribution in [2.45, 2.75) is 31.7 Å².